The zero-order valence-corrected chi connectivity index (χ0v) is 14.3. The van der Waals surface area contributed by atoms with Gasteiger partial charge in [-0.1, -0.05) is 18.2 Å². The van der Waals surface area contributed by atoms with E-state index in [2.05, 4.69) is 0 Å². The number of fused-ring (bicyclic) bond motifs is 1. The Bertz CT molecular complexity index is 855. The summed E-state index contributed by atoms with van der Waals surface area (Å²) in [6, 6.07) is 16.1. The Labute approximate surface area is 151 Å². The molecule has 1 atom stereocenters. The summed E-state index contributed by atoms with van der Waals surface area (Å²) in [6.07, 6.45) is -0.0600. The summed E-state index contributed by atoms with van der Waals surface area (Å²) in [5, 5.41) is 8.77. The second kappa shape index (κ2) is 7.70. The fraction of sp³-hybridized carbons (Fsp3) is 0.250. The lowest BCUT2D eigenvalue weighted by molar-refractivity contribution is -0.154. The van der Waals surface area contributed by atoms with Gasteiger partial charge in [0.25, 0.3) is 5.91 Å². The molecule has 0 bridgehead atoms. The van der Waals surface area contributed by atoms with Crippen LogP contribution in [0.5, 0.6) is 5.75 Å². The lowest BCUT2D eigenvalue weighted by atomic mass is 10.2. The summed E-state index contributed by atoms with van der Waals surface area (Å²) in [7, 11) is 0. The van der Waals surface area contributed by atoms with Crippen molar-refractivity contribution in [3.63, 3.8) is 0 Å². The minimum Gasteiger partial charge on any atom is -0.479 e. The Hall–Kier alpha value is -3.33. The van der Waals surface area contributed by atoms with Crippen molar-refractivity contribution in [2.24, 2.45) is 0 Å². The van der Waals surface area contributed by atoms with Gasteiger partial charge < -0.3 is 14.4 Å². The standard InChI is InChI=1S/C20H18N2O4/c1-14(26-17-8-6-15(12-21)7-9-17)20(24)25-13-19(23)22-11-10-16-4-2-3-5-18(16)22/h2-9,14H,10-11,13H2,1H3/t14-/m1/s1. The molecular formula is C20H18N2O4. The Morgan fingerprint density at radius 1 is 1.19 bits per heavy atom. The van der Waals surface area contributed by atoms with Crippen molar-refractivity contribution in [2.45, 2.75) is 19.4 Å². The van der Waals surface area contributed by atoms with Gasteiger partial charge in [-0.15, -0.1) is 0 Å². The lowest BCUT2D eigenvalue weighted by Crippen LogP contribution is -2.35. The van der Waals surface area contributed by atoms with E-state index in [1.807, 2.05) is 30.3 Å². The number of para-hydroxylation sites is 1. The predicted molar refractivity (Wildman–Crippen MR) is 94.7 cm³/mol. The third kappa shape index (κ3) is 3.83. The minimum atomic E-state index is -0.860. The summed E-state index contributed by atoms with van der Waals surface area (Å²) in [6.45, 7) is 1.82. The number of hydrogen-bond acceptors (Lipinski definition) is 5. The lowest BCUT2D eigenvalue weighted by Gasteiger charge is -2.18. The van der Waals surface area contributed by atoms with Crippen molar-refractivity contribution in [3.05, 3.63) is 59.7 Å². The Balaban J connectivity index is 1.52. The number of benzene rings is 2. The fourth-order valence-corrected chi connectivity index (χ4v) is 2.79. The first-order valence-electron chi connectivity index (χ1n) is 8.30. The Morgan fingerprint density at radius 3 is 2.65 bits per heavy atom. The highest BCUT2D eigenvalue weighted by molar-refractivity contribution is 5.97. The molecule has 2 aromatic rings. The van der Waals surface area contributed by atoms with E-state index in [1.54, 1.807) is 36.1 Å². The molecule has 0 saturated carbocycles. The predicted octanol–water partition coefficient (Wildman–Crippen LogP) is 2.46. The van der Waals surface area contributed by atoms with Gasteiger partial charge in [0, 0.05) is 12.2 Å². The molecule has 1 heterocycles. The van der Waals surface area contributed by atoms with Gasteiger partial charge in [-0.2, -0.15) is 5.26 Å². The first-order chi connectivity index (χ1) is 12.6. The van der Waals surface area contributed by atoms with Crippen molar-refractivity contribution in [3.8, 4) is 11.8 Å². The summed E-state index contributed by atoms with van der Waals surface area (Å²) < 4.78 is 10.6. The van der Waals surface area contributed by atoms with E-state index < -0.39 is 12.1 Å². The maximum Gasteiger partial charge on any atom is 0.347 e. The van der Waals surface area contributed by atoms with Gasteiger partial charge in [0.05, 0.1) is 11.6 Å². The normalized spacial score (nSPS) is 13.5. The van der Waals surface area contributed by atoms with Crippen molar-refractivity contribution in [1.29, 1.82) is 5.26 Å². The van der Waals surface area contributed by atoms with Crippen LogP contribution in [0.1, 0.15) is 18.1 Å². The van der Waals surface area contributed by atoms with Gasteiger partial charge >= 0.3 is 5.97 Å². The number of hydrogen-bond donors (Lipinski definition) is 0. The Morgan fingerprint density at radius 2 is 1.92 bits per heavy atom. The van der Waals surface area contributed by atoms with Crippen LogP contribution in [-0.2, 0) is 20.7 Å². The van der Waals surface area contributed by atoms with Crippen LogP contribution in [0.3, 0.4) is 0 Å². The van der Waals surface area contributed by atoms with Crippen LogP contribution in [0, 0.1) is 11.3 Å². The molecule has 1 aliphatic rings. The maximum atomic E-state index is 12.3. The number of carbonyl (C=O) groups excluding carboxylic acids is 2. The van der Waals surface area contributed by atoms with E-state index in [4.69, 9.17) is 14.7 Å². The molecule has 1 amide bonds. The molecule has 6 nitrogen and oxygen atoms in total. The molecule has 0 radical (unpaired) electrons. The number of rotatable bonds is 5. The summed E-state index contributed by atoms with van der Waals surface area (Å²) >= 11 is 0. The molecule has 0 aromatic heterocycles. The molecule has 6 heteroatoms. The van der Waals surface area contributed by atoms with E-state index in [0.717, 1.165) is 17.7 Å². The van der Waals surface area contributed by atoms with Crippen LogP contribution in [-0.4, -0.2) is 31.1 Å². The number of amides is 1. The average Bonchev–Trinajstić information content (AvgIpc) is 3.10. The van der Waals surface area contributed by atoms with Gasteiger partial charge in [-0.25, -0.2) is 4.79 Å². The number of carbonyl (C=O) groups is 2. The number of nitriles is 1. The molecule has 0 aliphatic carbocycles. The quantitative estimate of drug-likeness (QED) is 0.774. The number of anilines is 1. The van der Waals surface area contributed by atoms with Crippen LogP contribution in [0.15, 0.2) is 48.5 Å². The molecule has 0 spiro atoms. The van der Waals surface area contributed by atoms with Crippen LogP contribution in [0.25, 0.3) is 0 Å². The first kappa shape index (κ1) is 17.5. The molecule has 0 N–H and O–H groups in total. The minimum absolute atomic E-state index is 0.256. The monoisotopic (exact) mass is 350 g/mol. The Kier molecular flexibility index (Phi) is 5.18. The first-order valence-corrected chi connectivity index (χ1v) is 8.30. The SMILES string of the molecule is C[C@@H](Oc1ccc(C#N)cc1)C(=O)OCC(=O)N1CCc2ccccc21. The third-order valence-electron chi connectivity index (χ3n) is 4.15. The molecule has 1 aliphatic heterocycles. The van der Waals surface area contributed by atoms with Crippen molar-refractivity contribution in [1.82, 2.24) is 0 Å². The van der Waals surface area contributed by atoms with E-state index in [1.165, 1.54) is 0 Å². The zero-order chi connectivity index (χ0) is 18.5. The largest absolute Gasteiger partial charge is 0.479 e. The molecule has 3 rings (SSSR count). The van der Waals surface area contributed by atoms with Gasteiger partial charge in [0.1, 0.15) is 5.75 Å². The van der Waals surface area contributed by atoms with Crippen molar-refractivity contribution in [2.75, 3.05) is 18.1 Å². The molecular weight excluding hydrogens is 332 g/mol. The highest BCUT2D eigenvalue weighted by Crippen LogP contribution is 2.27. The van der Waals surface area contributed by atoms with Crippen molar-refractivity contribution >= 4 is 17.6 Å². The van der Waals surface area contributed by atoms with Crippen LogP contribution in [0.4, 0.5) is 5.69 Å². The van der Waals surface area contributed by atoms with E-state index in [0.29, 0.717) is 17.9 Å². The third-order valence-corrected chi connectivity index (χ3v) is 4.15. The maximum absolute atomic E-state index is 12.3. The second-order valence-electron chi connectivity index (χ2n) is 5.93. The topological polar surface area (TPSA) is 79.6 Å². The zero-order valence-electron chi connectivity index (χ0n) is 14.3. The van der Waals surface area contributed by atoms with Crippen LogP contribution >= 0.6 is 0 Å². The number of ether oxygens (including phenoxy) is 2. The summed E-state index contributed by atoms with van der Waals surface area (Å²) in [4.78, 5) is 26.0. The summed E-state index contributed by atoms with van der Waals surface area (Å²) in [5.41, 5.74) is 2.49. The smallest absolute Gasteiger partial charge is 0.347 e. The molecule has 0 fully saturated rings. The van der Waals surface area contributed by atoms with Crippen LogP contribution in [0.2, 0.25) is 0 Å². The van der Waals surface area contributed by atoms with Crippen molar-refractivity contribution < 1.29 is 19.1 Å². The average molecular weight is 350 g/mol. The second-order valence-corrected chi connectivity index (χ2v) is 5.93. The van der Waals surface area contributed by atoms with Gasteiger partial charge in [-0.3, -0.25) is 4.79 Å². The van der Waals surface area contributed by atoms with Gasteiger partial charge in [-0.05, 0) is 49.2 Å². The fourth-order valence-electron chi connectivity index (χ4n) is 2.79. The highest BCUT2D eigenvalue weighted by Gasteiger charge is 2.26. The molecule has 2 aromatic carbocycles. The molecule has 26 heavy (non-hydrogen) atoms. The highest BCUT2D eigenvalue weighted by atomic mass is 16.6. The number of nitrogens with zero attached hydrogens (tertiary/aromatic N) is 2. The van der Waals surface area contributed by atoms with Crippen LogP contribution < -0.4 is 9.64 Å². The van der Waals surface area contributed by atoms with Gasteiger partial charge in [0.15, 0.2) is 12.7 Å². The summed E-state index contributed by atoms with van der Waals surface area (Å²) in [5.74, 6) is -0.419. The molecule has 0 saturated heterocycles. The van der Waals surface area contributed by atoms with E-state index >= 15 is 0 Å². The molecule has 132 valence electrons. The van der Waals surface area contributed by atoms with E-state index in [9.17, 15) is 9.59 Å². The molecule has 0 unspecified atom stereocenters. The van der Waals surface area contributed by atoms with E-state index in [-0.39, 0.29) is 12.5 Å². The number of esters is 1. The van der Waals surface area contributed by atoms with Gasteiger partial charge in [0.2, 0.25) is 0 Å².